The first-order valence-electron chi connectivity index (χ1n) is 4.54. The zero-order valence-electron chi connectivity index (χ0n) is 8.03. The van der Waals surface area contributed by atoms with Crippen LogP contribution in [0, 0.1) is 6.92 Å². The largest absolute Gasteiger partial charge is 0.334 e. The lowest BCUT2D eigenvalue weighted by molar-refractivity contribution is 0.423. The fourth-order valence-corrected chi connectivity index (χ4v) is 1.22. The lowest BCUT2D eigenvalue weighted by Gasteiger charge is -1.94. The second-order valence-corrected chi connectivity index (χ2v) is 3.07. The number of aromatic nitrogens is 2. The van der Waals surface area contributed by atoms with Crippen molar-refractivity contribution in [2.24, 2.45) is 0 Å². The van der Waals surface area contributed by atoms with Crippen LogP contribution in [0.1, 0.15) is 18.3 Å². The Morgan fingerprint density at radius 2 is 2.29 bits per heavy atom. The van der Waals surface area contributed by atoms with Gasteiger partial charge in [-0.1, -0.05) is 24.2 Å². The zero-order valence-corrected chi connectivity index (χ0v) is 8.03. The van der Waals surface area contributed by atoms with Gasteiger partial charge in [0.1, 0.15) is 0 Å². The summed E-state index contributed by atoms with van der Waals surface area (Å²) in [6, 6.07) is 7.71. The molecule has 1 aromatic heterocycles. The van der Waals surface area contributed by atoms with Gasteiger partial charge in [-0.05, 0) is 24.6 Å². The number of nitrogens with zero attached hydrogens (tertiary/aromatic N) is 2. The maximum absolute atomic E-state index is 5.11. The molecule has 0 N–H and O–H groups in total. The Balaban J connectivity index is 2.39. The van der Waals surface area contributed by atoms with Crippen LogP contribution in [-0.2, 0) is 6.42 Å². The topological polar surface area (TPSA) is 38.9 Å². The number of hydrogen-bond acceptors (Lipinski definition) is 3. The highest BCUT2D eigenvalue weighted by atomic mass is 16.5. The molecule has 71 valence electrons. The van der Waals surface area contributed by atoms with Crippen LogP contribution in [-0.4, -0.2) is 10.1 Å². The molecule has 3 heteroatoms. The van der Waals surface area contributed by atoms with Gasteiger partial charge in [0.05, 0.1) is 0 Å². The summed E-state index contributed by atoms with van der Waals surface area (Å²) in [5, 5.41) is 3.83. The van der Waals surface area contributed by atoms with Gasteiger partial charge < -0.3 is 4.52 Å². The summed E-state index contributed by atoms with van der Waals surface area (Å²) in [5.74, 6) is 1.29. The first-order chi connectivity index (χ1) is 6.79. The van der Waals surface area contributed by atoms with Crippen molar-refractivity contribution >= 4 is 0 Å². The van der Waals surface area contributed by atoms with Gasteiger partial charge in [-0.2, -0.15) is 4.98 Å². The summed E-state index contributed by atoms with van der Waals surface area (Å²) in [6.07, 6.45) is 0.785. The van der Waals surface area contributed by atoms with Crippen molar-refractivity contribution in [3.63, 3.8) is 0 Å². The second kappa shape index (κ2) is 3.62. The van der Waals surface area contributed by atoms with Crippen LogP contribution in [0.2, 0.25) is 0 Å². The number of benzene rings is 1. The first-order valence-corrected chi connectivity index (χ1v) is 4.54. The fraction of sp³-hybridized carbons (Fsp3) is 0.182. The van der Waals surface area contributed by atoms with E-state index in [1.807, 2.05) is 31.2 Å². The van der Waals surface area contributed by atoms with E-state index in [-0.39, 0.29) is 0 Å². The van der Waals surface area contributed by atoms with Gasteiger partial charge in [-0.25, -0.2) is 0 Å². The highest BCUT2D eigenvalue weighted by Crippen LogP contribution is 2.17. The third kappa shape index (κ3) is 1.66. The lowest BCUT2D eigenvalue weighted by Crippen LogP contribution is -1.82. The Bertz CT molecular complexity index is 434. The SMILES string of the molecule is [CH2]c1cccc(-c2nc(CC)no2)c1. The van der Waals surface area contributed by atoms with E-state index < -0.39 is 0 Å². The minimum atomic E-state index is 0.562. The Kier molecular flexibility index (Phi) is 2.31. The highest BCUT2D eigenvalue weighted by Gasteiger charge is 2.06. The molecule has 1 heterocycles. The maximum atomic E-state index is 5.11. The van der Waals surface area contributed by atoms with Gasteiger partial charge >= 0.3 is 0 Å². The lowest BCUT2D eigenvalue weighted by atomic mass is 10.1. The van der Waals surface area contributed by atoms with Crippen molar-refractivity contribution in [2.45, 2.75) is 13.3 Å². The molecule has 0 atom stereocenters. The van der Waals surface area contributed by atoms with Crippen LogP contribution in [0.5, 0.6) is 0 Å². The van der Waals surface area contributed by atoms with E-state index >= 15 is 0 Å². The Labute approximate surface area is 82.8 Å². The highest BCUT2D eigenvalue weighted by molar-refractivity contribution is 5.54. The number of rotatable bonds is 2. The molecule has 0 unspecified atom stereocenters. The van der Waals surface area contributed by atoms with E-state index in [1.54, 1.807) is 0 Å². The van der Waals surface area contributed by atoms with Crippen LogP contribution in [0.25, 0.3) is 11.5 Å². The summed E-state index contributed by atoms with van der Waals surface area (Å²) in [5.41, 5.74) is 1.86. The number of hydrogen-bond donors (Lipinski definition) is 0. The normalized spacial score (nSPS) is 10.4. The molecule has 0 aliphatic carbocycles. The van der Waals surface area contributed by atoms with Gasteiger partial charge in [0.2, 0.25) is 0 Å². The van der Waals surface area contributed by atoms with E-state index in [0.29, 0.717) is 5.89 Å². The van der Waals surface area contributed by atoms with Gasteiger partial charge in [-0.15, -0.1) is 0 Å². The molecule has 0 aliphatic rings. The van der Waals surface area contributed by atoms with E-state index in [2.05, 4.69) is 17.1 Å². The molecule has 0 saturated carbocycles. The van der Waals surface area contributed by atoms with Crippen LogP contribution >= 0.6 is 0 Å². The van der Waals surface area contributed by atoms with Crippen molar-refractivity contribution in [3.05, 3.63) is 42.6 Å². The van der Waals surface area contributed by atoms with Crippen molar-refractivity contribution in [1.82, 2.24) is 10.1 Å². The maximum Gasteiger partial charge on any atom is 0.257 e. The molecule has 0 bridgehead atoms. The molecule has 0 aliphatic heterocycles. The molecule has 0 spiro atoms. The predicted molar refractivity (Wildman–Crippen MR) is 53.6 cm³/mol. The molecular weight excluding hydrogens is 176 g/mol. The van der Waals surface area contributed by atoms with Crippen LogP contribution < -0.4 is 0 Å². The van der Waals surface area contributed by atoms with Crippen molar-refractivity contribution < 1.29 is 4.52 Å². The van der Waals surface area contributed by atoms with E-state index in [4.69, 9.17) is 4.52 Å². The third-order valence-corrected chi connectivity index (χ3v) is 1.96. The van der Waals surface area contributed by atoms with Gasteiger partial charge in [0.25, 0.3) is 5.89 Å². The van der Waals surface area contributed by atoms with Crippen LogP contribution in [0.4, 0.5) is 0 Å². The number of aryl methyl sites for hydroxylation is 1. The molecule has 14 heavy (non-hydrogen) atoms. The van der Waals surface area contributed by atoms with Gasteiger partial charge in [0.15, 0.2) is 5.82 Å². The smallest absolute Gasteiger partial charge is 0.257 e. The summed E-state index contributed by atoms with van der Waals surface area (Å²) < 4.78 is 5.11. The van der Waals surface area contributed by atoms with Crippen LogP contribution in [0.3, 0.4) is 0 Å². The molecule has 2 rings (SSSR count). The molecular formula is C11H11N2O. The fourth-order valence-electron chi connectivity index (χ4n) is 1.22. The molecule has 0 fully saturated rings. The van der Waals surface area contributed by atoms with E-state index in [1.165, 1.54) is 0 Å². The van der Waals surface area contributed by atoms with Crippen LogP contribution in [0.15, 0.2) is 28.8 Å². The van der Waals surface area contributed by atoms with Crippen molar-refractivity contribution in [1.29, 1.82) is 0 Å². The standard InChI is InChI=1S/C11H11N2O/c1-3-10-12-11(14-13-10)9-6-4-5-8(2)7-9/h4-7H,2-3H2,1H3. The van der Waals surface area contributed by atoms with Gasteiger partial charge in [0, 0.05) is 12.0 Å². The Hall–Kier alpha value is -1.64. The van der Waals surface area contributed by atoms with Crippen molar-refractivity contribution in [2.75, 3.05) is 0 Å². The van der Waals surface area contributed by atoms with Gasteiger partial charge in [-0.3, -0.25) is 0 Å². The molecule has 1 aromatic carbocycles. The minimum absolute atomic E-state index is 0.562. The summed E-state index contributed by atoms with van der Waals surface area (Å²) >= 11 is 0. The quantitative estimate of drug-likeness (QED) is 0.725. The Morgan fingerprint density at radius 1 is 1.43 bits per heavy atom. The second-order valence-electron chi connectivity index (χ2n) is 3.07. The van der Waals surface area contributed by atoms with Crippen molar-refractivity contribution in [3.8, 4) is 11.5 Å². The first kappa shape index (κ1) is 8.94. The molecule has 0 amide bonds. The molecule has 2 aromatic rings. The monoisotopic (exact) mass is 187 g/mol. The molecule has 0 saturated heterocycles. The predicted octanol–water partition coefficient (Wildman–Crippen LogP) is 2.48. The zero-order chi connectivity index (χ0) is 9.97. The summed E-state index contributed by atoms with van der Waals surface area (Å²) in [4.78, 5) is 4.23. The summed E-state index contributed by atoms with van der Waals surface area (Å²) in [7, 11) is 0. The average Bonchev–Trinajstić information content (AvgIpc) is 2.66. The molecule has 3 nitrogen and oxygen atoms in total. The van der Waals surface area contributed by atoms with E-state index in [0.717, 1.165) is 23.4 Å². The Morgan fingerprint density at radius 3 is 2.93 bits per heavy atom. The third-order valence-electron chi connectivity index (χ3n) is 1.96. The minimum Gasteiger partial charge on any atom is -0.334 e. The van der Waals surface area contributed by atoms with E-state index in [9.17, 15) is 0 Å². The summed E-state index contributed by atoms with van der Waals surface area (Å²) in [6.45, 7) is 5.84. The molecule has 1 radical (unpaired) electrons. The average molecular weight is 187 g/mol.